The van der Waals surface area contributed by atoms with Crippen molar-refractivity contribution in [1.29, 1.82) is 0 Å². The van der Waals surface area contributed by atoms with E-state index in [2.05, 4.69) is 17.0 Å². The third-order valence-corrected chi connectivity index (χ3v) is 6.12. The molecular weight excluding hydrogens is 398 g/mol. The molecule has 166 valence electrons. The van der Waals surface area contributed by atoms with E-state index >= 15 is 0 Å². The van der Waals surface area contributed by atoms with Gasteiger partial charge in [-0.2, -0.15) is 0 Å². The lowest BCUT2D eigenvalue weighted by molar-refractivity contribution is -0.170. The Labute approximate surface area is 190 Å². The van der Waals surface area contributed by atoms with Crippen molar-refractivity contribution in [3.8, 4) is 0 Å². The standard InChI is InChI=1S/C28H31NO3/c1-20-25(26(30)32-27(2,3)4)28(31,22-15-9-6-10-16-22)23-17-11-12-18-24(23)29(20)19-21-13-7-5-8-14-21/h5-18,20,25,31H,19H2,1-4H3/t20-,25+,28+/m0/s1. The van der Waals surface area contributed by atoms with E-state index in [1.807, 2.05) is 100 Å². The second kappa shape index (κ2) is 8.44. The summed E-state index contributed by atoms with van der Waals surface area (Å²) in [6.45, 7) is 8.20. The van der Waals surface area contributed by atoms with Crippen LogP contribution in [0.1, 0.15) is 44.4 Å². The highest BCUT2D eigenvalue weighted by atomic mass is 16.6. The van der Waals surface area contributed by atoms with Gasteiger partial charge in [0.05, 0.1) is 0 Å². The van der Waals surface area contributed by atoms with Crippen molar-refractivity contribution in [2.45, 2.75) is 51.5 Å². The van der Waals surface area contributed by atoms with Crippen LogP contribution in [-0.2, 0) is 21.7 Å². The number of carbonyl (C=O) groups is 1. The third kappa shape index (κ3) is 4.03. The van der Waals surface area contributed by atoms with Crippen LogP contribution in [0.4, 0.5) is 5.69 Å². The molecule has 0 fully saturated rings. The molecule has 3 aromatic carbocycles. The van der Waals surface area contributed by atoms with Crippen LogP contribution < -0.4 is 4.90 Å². The minimum absolute atomic E-state index is 0.301. The van der Waals surface area contributed by atoms with E-state index in [0.29, 0.717) is 12.1 Å². The number of aliphatic hydroxyl groups is 1. The van der Waals surface area contributed by atoms with Crippen molar-refractivity contribution < 1.29 is 14.6 Å². The first-order chi connectivity index (χ1) is 15.2. The largest absolute Gasteiger partial charge is 0.460 e. The molecule has 1 aliphatic rings. The Kier molecular flexibility index (Phi) is 5.83. The number of esters is 1. The number of hydrogen-bond donors (Lipinski definition) is 1. The summed E-state index contributed by atoms with van der Waals surface area (Å²) in [5.41, 5.74) is 1.31. The van der Waals surface area contributed by atoms with Crippen molar-refractivity contribution in [1.82, 2.24) is 0 Å². The molecule has 1 heterocycles. The molecule has 0 amide bonds. The van der Waals surface area contributed by atoms with Gasteiger partial charge in [0.25, 0.3) is 0 Å². The molecule has 4 nitrogen and oxygen atoms in total. The maximum Gasteiger partial charge on any atom is 0.315 e. The van der Waals surface area contributed by atoms with Crippen LogP contribution in [-0.4, -0.2) is 22.7 Å². The monoisotopic (exact) mass is 429 g/mol. The van der Waals surface area contributed by atoms with Gasteiger partial charge >= 0.3 is 5.97 Å². The summed E-state index contributed by atoms with van der Waals surface area (Å²) in [6, 6.07) is 27.2. The Balaban J connectivity index is 1.90. The lowest BCUT2D eigenvalue weighted by atomic mass is 9.69. The van der Waals surface area contributed by atoms with Crippen LogP contribution in [0, 0.1) is 5.92 Å². The molecule has 4 heteroatoms. The third-order valence-electron chi connectivity index (χ3n) is 6.12. The predicted molar refractivity (Wildman–Crippen MR) is 127 cm³/mol. The summed E-state index contributed by atoms with van der Waals surface area (Å²) in [6.07, 6.45) is 0. The number of nitrogens with zero attached hydrogens (tertiary/aromatic N) is 1. The van der Waals surface area contributed by atoms with Gasteiger partial charge < -0.3 is 14.7 Å². The number of benzene rings is 3. The summed E-state index contributed by atoms with van der Waals surface area (Å²) in [5, 5.41) is 12.3. The molecule has 0 spiro atoms. The Morgan fingerprint density at radius 2 is 1.50 bits per heavy atom. The van der Waals surface area contributed by atoms with Crippen LogP contribution in [0.15, 0.2) is 84.9 Å². The molecule has 0 aliphatic carbocycles. The summed E-state index contributed by atoms with van der Waals surface area (Å²) < 4.78 is 5.85. The molecule has 3 atom stereocenters. The van der Waals surface area contributed by atoms with Crippen molar-refractivity contribution in [2.75, 3.05) is 4.90 Å². The van der Waals surface area contributed by atoms with Gasteiger partial charge in [0, 0.05) is 23.8 Å². The SMILES string of the molecule is C[C@H]1[C@H](C(=O)OC(C)(C)C)[C@@](O)(c2ccccc2)c2ccccc2N1Cc1ccccc1. The normalized spacial score (nSPS) is 22.8. The van der Waals surface area contributed by atoms with Crippen LogP contribution in [0.2, 0.25) is 0 Å². The van der Waals surface area contributed by atoms with Crippen molar-refractivity contribution in [3.05, 3.63) is 102 Å². The fourth-order valence-corrected chi connectivity index (χ4v) is 4.73. The first kappa shape index (κ1) is 22.1. The van der Waals surface area contributed by atoms with Gasteiger partial charge in [0.1, 0.15) is 17.1 Å². The van der Waals surface area contributed by atoms with Gasteiger partial charge in [-0.25, -0.2) is 0 Å². The highest BCUT2D eigenvalue weighted by Crippen LogP contribution is 2.49. The minimum atomic E-state index is -1.51. The van der Waals surface area contributed by atoms with Crippen LogP contribution in [0.25, 0.3) is 0 Å². The van der Waals surface area contributed by atoms with Crippen molar-refractivity contribution in [2.24, 2.45) is 5.92 Å². The van der Waals surface area contributed by atoms with E-state index < -0.39 is 23.1 Å². The molecule has 1 N–H and O–H groups in total. The summed E-state index contributed by atoms with van der Waals surface area (Å²) in [5.74, 6) is -1.20. The van der Waals surface area contributed by atoms with Gasteiger partial charge in [-0.3, -0.25) is 4.79 Å². The molecule has 0 aromatic heterocycles. The Morgan fingerprint density at radius 1 is 0.938 bits per heavy atom. The predicted octanol–water partition coefficient (Wildman–Crippen LogP) is 5.29. The van der Waals surface area contributed by atoms with Crippen LogP contribution in [0.5, 0.6) is 0 Å². The second-order valence-corrected chi connectivity index (χ2v) is 9.51. The lowest BCUT2D eigenvalue weighted by Crippen LogP contribution is -2.57. The number of fused-ring (bicyclic) bond motifs is 1. The number of anilines is 1. The maximum atomic E-state index is 13.6. The highest BCUT2D eigenvalue weighted by Gasteiger charge is 2.54. The van der Waals surface area contributed by atoms with Crippen LogP contribution in [0.3, 0.4) is 0 Å². The summed E-state index contributed by atoms with van der Waals surface area (Å²) in [4.78, 5) is 15.8. The minimum Gasteiger partial charge on any atom is -0.460 e. The lowest BCUT2D eigenvalue weighted by Gasteiger charge is -2.50. The fourth-order valence-electron chi connectivity index (χ4n) is 4.73. The van der Waals surface area contributed by atoms with E-state index in [-0.39, 0.29) is 6.04 Å². The van der Waals surface area contributed by atoms with E-state index in [4.69, 9.17) is 4.74 Å². The second-order valence-electron chi connectivity index (χ2n) is 9.51. The summed E-state index contributed by atoms with van der Waals surface area (Å²) in [7, 11) is 0. The Bertz CT molecular complexity index is 1070. The van der Waals surface area contributed by atoms with Gasteiger partial charge in [-0.1, -0.05) is 78.9 Å². The molecule has 0 saturated carbocycles. The molecular formula is C28H31NO3. The van der Waals surface area contributed by atoms with Crippen molar-refractivity contribution in [3.63, 3.8) is 0 Å². The molecule has 0 radical (unpaired) electrons. The quantitative estimate of drug-likeness (QED) is 0.573. The summed E-state index contributed by atoms with van der Waals surface area (Å²) >= 11 is 0. The van der Waals surface area contributed by atoms with E-state index in [1.165, 1.54) is 0 Å². The molecule has 0 saturated heterocycles. The van der Waals surface area contributed by atoms with E-state index in [1.54, 1.807) is 0 Å². The molecule has 4 rings (SSSR count). The van der Waals surface area contributed by atoms with E-state index in [9.17, 15) is 9.90 Å². The first-order valence-electron chi connectivity index (χ1n) is 11.1. The van der Waals surface area contributed by atoms with Gasteiger partial charge in [0.15, 0.2) is 0 Å². The Hall–Kier alpha value is -3.11. The first-order valence-corrected chi connectivity index (χ1v) is 11.1. The smallest absolute Gasteiger partial charge is 0.315 e. The van der Waals surface area contributed by atoms with Gasteiger partial charge in [-0.15, -0.1) is 0 Å². The number of hydrogen-bond acceptors (Lipinski definition) is 4. The van der Waals surface area contributed by atoms with Gasteiger partial charge in [0.2, 0.25) is 0 Å². The maximum absolute atomic E-state index is 13.6. The average Bonchev–Trinajstić information content (AvgIpc) is 2.77. The zero-order valence-corrected chi connectivity index (χ0v) is 19.2. The zero-order valence-electron chi connectivity index (χ0n) is 19.2. The molecule has 32 heavy (non-hydrogen) atoms. The number of ether oxygens (including phenoxy) is 1. The van der Waals surface area contributed by atoms with Crippen LogP contribution >= 0.6 is 0 Å². The average molecular weight is 430 g/mol. The number of para-hydroxylation sites is 1. The zero-order chi connectivity index (χ0) is 22.9. The van der Waals surface area contributed by atoms with Crippen molar-refractivity contribution >= 4 is 11.7 Å². The molecule has 0 bridgehead atoms. The van der Waals surface area contributed by atoms with E-state index in [0.717, 1.165) is 16.8 Å². The fraction of sp³-hybridized carbons (Fsp3) is 0.321. The number of carbonyl (C=O) groups excluding carboxylic acids is 1. The molecule has 3 aromatic rings. The van der Waals surface area contributed by atoms with Gasteiger partial charge in [-0.05, 0) is 44.9 Å². The highest BCUT2D eigenvalue weighted by molar-refractivity contribution is 5.80. The molecule has 0 unspecified atom stereocenters. The number of rotatable bonds is 4. The Morgan fingerprint density at radius 3 is 2.12 bits per heavy atom. The molecule has 1 aliphatic heterocycles. The topological polar surface area (TPSA) is 49.8 Å².